The van der Waals surface area contributed by atoms with Gasteiger partial charge in [-0.25, -0.2) is 0 Å². The van der Waals surface area contributed by atoms with Gasteiger partial charge in [0.1, 0.15) is 6.07 Å². The predicted molar refractivity (Wildman–Crippen MR) is 28.3 cm³/mol. The molecule has 0 aliphatic carbocycles. The van der Waals surface area contributed by atoms with Crippen molar-refractivity contribution in [2.45, 2.75) is 18.3 Å². The molecule has 0 aliphatic rings. The summed E-state index contributed by atoms with van der Waals surface area (Å²) >= 11 is 0. The van der Waals surface area contributed by atoms with E-state index in [1.54, 1.807) is 0 Å². The Labute approximate surface area is 77.3 Å². The first-order valence-corrected chi connectivity index (χ1v) is 2.71. The van der Waals surface area contributed by atoms with Crippen LogP contribution < -0.4 is 0 Å². The molecule has 0 spiro atoms. The second-order valence-corrected chi connectivity index (χ2v) is 1.79. The highest BCUT2D eigenvalue weighted by atomic mass is 19.4. The molecule has 15 heavy (non-hydrogen) atoms. The van der Waals surface area contributed by atoms with Crippen molar-refractivity contribution in [1.29, 1.82) is 10.5 Å². The average Bonchev–Trinajstić information content (AvgIpc) is 2.02. The first-order chi connectivity index (χ1) is 6.37. The molecule has 0 amide bonds. The minimum Gasteiger partial charge on any atom is -0.191 e. The van der Waals surface area contributed by atoms with Crippen molar-refractivity contribution in [3.8, 4) is 12.1 Å². The highest BCUT2D eigenvalue weighted by Crippen LogP contribution is 2.34. The quantitative estimate of drug-likeness (QED) is 0.611. The Morgan fingerprint density at radius 1 is 0.667 bits per heavy atom. The Kier molecular flexibility index (Phi) is 5.05. The second kappa shape index (κ2) is 4.77. The van der Waals surface area contributed by atoms with Crippen LogP contribution in [0.2, 0.25) is 0 Å². The summed E-state index contributed by atoms with van der Waals surface area (Å²) in [5, 5.41) is 14.2. The molecule has 0 aliphatic heterocycles. The van der Waals surface area contributed by atoms with E-state index >= 15 is 0 Å². The van der Waals surface area contributed by atoms with Gasteiger partial charge in [-0.2, -0.15) is 45.6 Å². The summed E-state index contributed by atoms with van der Waals surface area (Å²) in [5.41, 5.74) is 0. The van der Waals surface area contributed by atoms with Crippen molar-refractivity contribution < 1.29 is 35.1 Å². The van der Waals surface area contributed by atoms with Crippen molar-refractivity contribution >= 4 is 0 Å². The highest BCUT2D eigenvalue weighted by Gasteiger charge is 2.58. The largest absolute Gasteiger partial charge is 0.483 e. The van der Waals surface area contributed by atoms with E-state index in [2.05, 4.69) is 0 Å². The van der Waals surface area contributed by atoms with Gasteiger partial charge in [0, 0.05) is 0 Å². The van der Waals surface area contributed by atoms with Gasteiger partial charge in [-0.1, -0.05) is 0 Å². The van der Waals surface area contributed by atoms with E-state index in [-0.39, 0.29) is 12.1 Å². The average molecular weight is 240 g/mol. The van der Waals surface area contributed by atoms with E-state index in [1.165, 1.54) is 0 Å². The third-order valence-corrected chi connectivity index (χ3v) is 0.623. The molecule has 0 heterocycles. The fraction of sp³-hybridized carbons (Fsp3) is 0.600. The Morgan fingerprint density at radius 2 is 0.933 bits per heavy atom. The van der Waals surface area contributed by atoms with Gasteiger partial charge >= 0.3 is 18.3 Å². The van der Waals surface area contributed by atoms with Crippen LogP contribution in [0.1, 0.15) is 0 Å². The second-order valence-electron chi connectivity index (χ2n) is 1.79. The summed E-state index contributed by atoms with van der Waals surface area (Å²) < 4.78 is 86.2. The molecule has 86 valence electrons. The molecule has 0 saturated heterocycles. The van der Waals surface area contributed by atoms with E-state index in [1.807, 2.05) is 0 Å². The fourth-order valence-corrected chi connectivity index (χ4v) is 0.0634. The molecule has 0 atom stereocenters. The third kappa shape index (κ3) is 7.49. The molecule has 0 aromatic rings. The van der Waals surface area contributed by atoms with E-state index in [4.69, 9.17) is 10.5 Å². The maximum atomic E-state index is 11.2. The summed E-state index contributed by atoms with van der Waals surface area (Å²) in [7, 11) is 0. The van der Waals surface area contributed by atoms with Crippen molar-refractivity contribution in [2.24, 2.45) is 0 Å². The minimum atomic E-state index is -5.75. The van der Waals surface area contributed by atoms with Gasteiger partial charge in [-0.15, -0.1) is 0 Å². The van der Waals surface area contributed by atoms with Crippen LogP contribution in [0, 0.1) is 22.7 Å². The number of rotatable bonds is 0. The minimum absolute atomic E-state index is 0.104. The lowest BCUT2D eigenvalue weighted by Gasteiger charge is -2.09. The van der Waals surface area contributed by atoms with Crippen molar-refractivity contribution in [2.75, 3.05) is 0 Å². The number of hydrogen-bond acceptors (Lipinski definition) is 2. The van der Waals surface area contributed by atoms with E-state index < -0.39 is 18.3 Å². The Morgan fingerprint density at radius 3 is 0.933 bits per heavy atom. The van der Waals surface area contributed by atoms with Crippen LogP contribution in [-0.4, -0.2) is 18.3 Å². The first-order valence-electron chi connectivity index (χ1n) is 2.71. The summed E-state index contributed by atoms with van der Waals surface area (Å²) in [6.07, 6.45) is -10.4. The number of halogens is 8. The zero-order chi connectivity index (χ0) is 12.9. The lowest BCUT2D eigenvalue weighted by atomic mass is 10.4. The van der Waals surface area contributed by atoms with Crippen LogP contribution in [0.5, 0.6) is 0 Å². The van der Waals surface area contributed by atoms with Gasteiger partial charge in [-0.3, -0.25) is 0 Å². The normalized spacial score (nSPS) is 11.9. The number of alkyl halides is 8. The van der Waals surface area contributed by atoms with Crippen molar-refractivity contribution in [3.63, 3.8) is 0 Å². The zero-order valence-electron chi connectivity index (χ0n) is 6.42. The summed E-state index contributed by atoms with van der Waals surface area (Å²) in [6, 6.07) is -0.0729. The van der Waals surface area contributed by atoms with Gasteiger partial charge in [-0.05, 0) is 0 Å². The molecular formula is C5F8N2. The van der Waals surface area contributed by atoms with Crippen LogP contribution >= 0.6 is 0 Å². The number of nitriles is 2. The van der Waals surface area contributed by atoms with Crippen LogP contribution in [0.4, 0.5) is 35.1 Å². The molecule has 0 saturated carbocycles. The Bertz CT molecular complexity index is 273. The lowest BCUT2D eigenvalue weighted by molar-refractivity contribution is -0.255. The zero-order valence-corrected chi connectivity index (χ0v) is 6.42. The van der Waals surface area contributed by atoms with E-state index in [0.717, 1.165) is 0 Å². The molecular weight excluding hydrogens is 240 g/mol. The van der Waals surface area contributed by atoms with Crippen molar-refractivity contribution in [3.05, 3.63) is 0 Å². The van der Waals surface area contributed by atoms with Gasteiger partial charge in [0.05, 0.1) is 0 Å². The topological polar surface area (TPSA) is 47.6 Å². The summed E-state index contributed by atoms with van der Waals surface area (Å²) in [4.78, 5) is 0. The number of hydrogen-bond donors (Lipinski definition) is 0. The van der Waals surface area contributed by atoms with Crippen LogP contribution in [0.3, 0.4) is 0 Å². The van der Waals surface area contributed by atoms with Gasteiger partial charge in [0.25, 0.3) is 0 Å². The molecule has 0 aromatic carbocycles. The monoisotopic (exact) mass is 240 g/mol. The molecule has 0 fully saturated rings. The fourth-order valence-electron chi connectivity index (χ4n) is 0.0634. The molecule has 0 N–H and O–H groups in total. The number of nitrogens with zero attached hydrogens (tertiary/aromatic N) is 2. The highest BCUT2D eigenvalue weighted by molar-refractivity contribution is 4.97. The lowest BCUT2D eigenvalue weighted by Crippen LogP contribution is -2.34. The van der Waals surface area contributed by atoms with Gasteiger partial charge in [0.15, 0.2) is 6.07 Å². The predicted octanol–water partition coefficient (Wildman–Crippen LogP) is 2.78. The first kappa shape index (κ1) is 15.9. The summed E-state index contributed by atoms with van der Waals surface area (Å²) in [6.45, 7) is 0. The van der Waals surface area contributed by atoms with E-state index in [9.17, 15) is 35.1 Å². The van der Waals surface area contributed by atoms with Crippen LogP contribution in [-0.2, 0) is 0 Å². The van der Waals surface area contributed by atoms with Gasteiger partial charge in [0.2, 0.25) is 0 Å². The molecule has 0 bridgehead atoms. The maximum absolute atomic E-state index is 11.2. The Hall–Kier alpha value is -1.58. The van der Waals surface area contributed by atoms with Crippen molar-refractivity contribution in [1.82, 2.24) is 0 Å². The van der Waals surface area contributed by atoms with Gasteiger partial charge < -0.3 is 0 Å². The van der Waals surface area contributed by atoms with Crippen LogP contribution in [0.25, 0.3) is 0 Å². The standard InChI is InChI=1S/C3F5N.C2F3N/c4-2(5,1-9)3(6,7)8;3-2(4,5)1-6. The maximum Gasteiger partial charge on any atom is 0.483 e. The van der Waals surface area contributed by atoms with E-state index in [0.29, 0.717) is 0 Å². The molecule has 2 nitrogen and oxygen atoms in total. The smallest absolute Gasteiger partial charge is 0.191 e. The molecule has 0 aromatic heterocycles. The molecule has 0 radical (unpaired) electrons. The Balaban J connectivity index is 0. The third-order valence-electron chi connectivity index (χ3n) is 0.623. The van der Waals surface area contributed by atoms with Crippen LogP contribution in [0.15, 0.2) is 0 Å². The SMILES string of the molecule is N#CC(F)(F)C(F)(F)F.N#CC(F)(F)F. The molecule has 0 rings (SSSR count). The molecule has 10 heteroatoms. The molecule has 0 unspecified atom stereocenters. The summed E-state index contributed by atoms with van der Waals surface area (Å²) in [5.74, 6) is -5.22.